The summed E-state index contributed by atoms with van der Waals surface area (Å²) in [4.78, 5) is 24.1. The summed E-state index contributed by atoms with van der Waals surface area (Å²) in [6.45, 7) is 0.379. The molecule has 0 fully saturated rings. The number of amides is 2. The lowest BCUT2D eigenvalue weighted by molar-refractivity contribution is -0.119. The number of carbonyl (C=O) groups excluding carboxylic acids is 2. The molecule has 0 unspecified atom stereocenters. The summed E-state index contributed by atoms with van der Waals surface area (Å²) in [6.07, 6.45) is 0.0897. The molecule has 0 spiro atoms. The first kappa shape index (κ1) is 21.0. The Labute approximate surface area is 172 Å². The molecule has 0 aliphatic carbocycles. The fourth-order valence-corrected chi connectivity index (χ4v) is 2.87. The van der Waals surface area contributed by atoms with Crippen LogP contribution in [0.4, 0.5) is 8.78 Å². The number of primary amides is 1. The van der Waals surface area contributed by atoms with Crippen LogP contribution in [0.3, 0.4) is 0 Å². The van der Waals surface area contributed by atoms with Gasteiger partial charge in [-0.2, -0.15) is 0 Å². The van der Waals surface area contributed by atoms with Crippen LogP contribution in [0.15, 0.2) is 72.8 Å². The summed E-state index contributed by atoms with van der Waals surface area (Å²) in [5.41, 5.74) is 6.74. The lowest BCUT2D eigenvalue weighted by atomic mass is 10.0. The Balaban J connectivity index is 1.67. The molecule has 1 atom stereocenters. The van der Waals surface area contributed by atoms with E-state index >= 15 is 0 Å². The van der Waals surface area contributed by atoms with Gasteiger partial charge in [-0.05, 0) is 35.4 Å². The van der Waals surface area contributed by atoms with Crippen LogP contribution < -0.4 is 15.8 Å². The summed E-state index contributed by atoms with van der Waals surface area (Å²) in [5.74, 6) is -2.86. The number of nitrogens with two attached hydrogens (primary N) is 1. The van der Waals surface area contributed by atoms with Gasteiger partial charge in [-0.15, -0.1) is 0 Å². The first-order valence-corrected chi connectivity index (χ1v) is 9.23. The molecule has 3 aromatic carbocycles. The molecule has 3 rings (SSSR count). The second-order valence-electron chi connectivity index (χ2n) is 6.68. The van der Waals surface area contributed by atoms with Crippen LogP contribution >= 0.6 is 0 Å². The maximum atomic E-state index is 13.8. The van der Waals surface area contributed by atoms with E-state index in [1.54, 1.807) is 24.3 Å². The number of nitrogens with one attached hydrogen (secondary N) is 1. The lowest BCUT2D eigenvalue weighted by Crippen LogP contribution is -2.46. The molecule has 0 radical (unpaired) electrons. The van der Waals surface area contributed by atoms with E-state index < -0.39 is 29.5 Å². The van der Waals surface area contributed by atoms with Gasteiger partial charge in [0.05, 0.1) is 5.56 Å². The molecule has 0 aliphatic heterocycles. The van der Waals surface area contributed by atoms with Crippen LogP contribution in [0.25, 0.3) is 0 Å². The monoisotopic (exact) mass is 410 g/mol. The van der Waals surface area contributed by atoms with E-state index in [1.807, 2.05) is 30.3 Å². The van der Waals surface area contributed by atoms with Gasteiger partial charge in [-0.25, -0.2) is 8.78 Å². The summed E-state index contributed by atoms with van der Waals surface area (Å²) in [6, 6.07) is 18.2. The molecule has 0 heterocycles. The van der Waals surface area contributed by atoms with Gasteiger partial charge in [0, 0.05) is 12.5 Å². The van der Waals surface area contributed by atoms with Crippen molar-refractivity contribution in [2.45, 2.75) is 19.1 Å². The van der Waals surface area contributed by atoms with Crippen LogP contribution in [0.1, 0.15) is 21.5 Å². The van der Waals surface area contributed by atoms with Crippen molar-refractivity contribution < 1.29 is 23.1 Å². The van der Waals surface area contributed by atoms with Crippen LogP contribution in [-0.4, -0.2) is 17.9 Å². The second-order valence-corrected chi connectivity index (χ2v) is 6.68. The van der Waals surface area contributed by atoms with Gasteiger partial charge >= 0.3 is 0 Å². The Hall–Kier alpha value is -3.74. The Morgan fingerprint density at radius 2 is 1.67 bits per heavy atom. The zero-order chi connectivity index (χ0) is 21.5. The van der Waals surface area contributed by atoms with Crippen LogP contribution in [0.5, 0.6) is 5.75 Å². The Morgan fingerprint density at radius 1 is 0.933 bits per heavy atom. The zero-order valence-electron chi connectivity index (χ0n) is 16.0. The summed E-state index contributed by atoms with van der Waals surface area (Å²) >= 11 is 0. The minimum Gasteiger partial charge on any atom is -0.489 e. The van der Waals surface area contributed by atoms with Gasteiger partial charge in [0.2, 0.25) is 5.91 Å². The van der Waals surface area contributed by atoms with Gasteiger partial charge in [0.25, 0.3) is 5.91 Å². The highest BCUT2D eigenvalue weighted by Crippen LogP contribution is 2.17. The standard InChI is InChI=1S/C23H20F2N2O3/c24-17-9-10-19(20(25)13-17)23(29)27-21(22(26)28)12-16-7-4-8-18(11-16)30-14-15-5-2-1-3-6-15/h1-11,13,21H,12,14H2,(H2,26,28)(H,27,29)/t21-/m0/s1. The number of hydrogen-bond acceptors (Lipinski definition) is 3. The predicted molar refractivity (Wildman–Crippen MR) is 108 cm³/mol. The highest BCUT2D eigenvalue weighted by atomic mass is 19.1. The maximum absolute atomic E-state index is 13.8. The van der Waals surface area contributed by atoms with E-state index in [2.05, 4.69) is 5.32 Å². The topological polar surface area (TPSA) is 81.4 Å². The minimum absolute atomic E-state index is 0.0897. The van der Waals surface area contributed by atoms with E-state index in [0.717, 1.165) is 17.7 Å². The molecule has 3 aromatic rings. The van der Waals surface area contributed by atoms with Gasteiger partial charge < -0.3 is 15.8 Å². The van der Waals surface area contributed by atoms with Crippen molar-refractivity contribution in [3.8, 4) is 5.75 Å². The number of hydrogen-bond donors (Lipinski definition) is 2. The van der Waals surface area contributed by atoms with Crippen molar-refractivity contribution in [3.63, 3.8) is 0 Å². The van der Waals surface area contributed by atoms with E-state index in [0.29, 0.717) is 24.0 Å². The molecular weight excluding hydrogens is 390 g/mol. The largest absolute Gasteiger partial charge is 0.489 e. The Kier molecular flexibility index (Phi) is 6.75. The number of benzene rings is 3. The molecule has 154 valence electrons. The number of carbonyl (C=O) groups is 2. The van der Waals surface area contributed by atoms with Crippen molar-refractivity contribution in [2.24, 2.45) is 5.73 Å². The fraction of sp³-hybridized carbons (Fsp3) is 0.130. The fourth-order valence-electron chi connectivity index (χ4n) is 2.87. The smallest absolute Gasteiger partial charge is 0.254 e. The third kappa shape index (κ3) is 5.64. The molecule has 0 bridgehead atoms. The highest BCUT2D eigenvalue weighted by Gasteiger charge is 2.21. The predicted octanol–water partition coefficient (Wildman–Crippen LogP) is 3.37. The van der Waals surface area contributed by atoms with Crippen LogP contribution in [0.2, 0.25) is 0 Å². The van der Waals surface area contributed by atoms with Crippen molar-refractivity contribution in [2.75, 3.05) is 0 Å². The lowest BCUT2D eigenvalue weighted by Gasteiger charge is -2.16. The SMILES string of the molecule is NC(=O)[C@H](Cc1cccc(OCc2ccccc2)c1)NC(=O)c1ccc(F)cc1F. The minimum atomic E-state index is -1.08. The molecule has 7 heteroatoms. The molecule has 0 aliphatic rings. The summed E-state index contributed by atoms with van der Waals surface area (Å²) < 4.78 is 32.6. The quantitative estimate of drug-likeness (QED) is 0.597. The molecule has 0 saturated heterocycles. The Bertz CT molecular complexity index is 1040. The maximum Gasteiger partial charge on any atom is 0.254 e. The van der Waals surface area contributed by atoms with Gasteiger partial charge in [0.15, 0.2) is 0 Å². The molecule has 0 aromatic heterocycles. The number of rotatable bonds is 8. The van der Waals surface area contributed by atoms with Crippen molar-refractivity contribution >= 4 is 11.8 Å². The summed E-state index contributed by atoms with van der Waals surface area (Å²) in [7, 11) is 0. The Morgan fingerprint density at radius 3 is 2.37 bits per heavy atom. The first-order valence-electron chi connectivity index (χ1n) is 9.23. The van der Waals surface area contributed by atoms with Gasteiger partial charge in [-0.3, -0.25) is 9.59 Å². The van der Waals surface area contributed by atoms with Crippen molar-refractivity contribution in [1.29, 1.82) is 0 Å². The van der Waals surface area contributed by atoms with E-state index in [4.69, 9.17) is 10.5 Å². The average molecular weight is 410 g/mol. The van der Waals surface area contributed by atoms with Gasteiger partial charge in [-0.1, -0.05) is 42.5 Å². The van der Waals surface area contributed by atoms with E-state index in [1.165, 1.54) is 0 Å². The average Bonchev–Trinajstić information content (AvgIpc) is 2.72. The molecule has 30 heavy (non-hydrogen) atoms. The molecule has 5 nitrogen and oxygen atoms in total. The number of halogens is 2. The normalized spacial score (nSPS) is 11.5. The van der Waals surface area contributed by atoms with Crippen molar-refractivity contribution in [1.82, 2.24) is 5.32 Å². The van der Waals surface area contributed by atoms with Crippen molar-refractivity contribution in [3.05, 3.63) is 101 Å². The third-order valence-corrected chi connectivity index (χ3v) is 4.41. The van der Waals surface area contributed by atoms with Gasteiger partial charge in [0.1, 0.15) is 30.0 Å². The number of ether oxygens (including phenoxy) is 1. The first-order chi connectivity index (χ1) is 14.4. The van der Waals surface area contributed by atoms with E-state index in [9.17, 15) is 18.4 Å². The molecule has 3 N–H and O–H groups in total. The van der Waals surface area contributed by atoms with Crippen LogP contribution in [-0.2, 0) is 17.8 Å². The molecule has 0 saturated carbocycles. The highest BCUT2D eigenvalue weighted by molar-refractivity contribution is 5.97. The van der Waals surface area contributed by atoms with E-state index in [-0.39, 0.29) is 12.0 Å². The molecular formula is C23H20F2N2O3. The second kappa shape index (κ2) is 9.65. The third-order valence-electron chi connectivity index (χ3n) is 4.41. The summed E-state index contributed by atoms with van der Waals surface area (Å²) in [5, 5.41) is 2.40. The molecule has 2 amide bonds. The zero-order valence-corrected chi connectivity index (χ0v) is 16.0. The van der Waals surface area contributed by atoms with Crippen LogP contribution in [0, 0.1) is 11.6 Å².